The number of amides is 1. The maximum atomic E-state index is 12.3. The third-order valence-corrected chi connectivity index (χ3v) is 4.81. The number of aromatic nitrogens is 1. The molecular weight excluding hydrogens is 346 g/mol. The van der Waals surface area contributed by atoms with Gasteiger partial charge in [-0.15, -0.1) is 0 Å². The number of nitrogens with zero attached hydrogens (tertiary/aromatic N) is 2. The molecule has 1 heterocycles. The number of ether oxygens (including phenoxy) is 1. The van der Waals surface area contributed by atoms with Crippen LogP contribution in [0.2, 0.25) is 5.02 Å². The maximum Gasteiger partial charge on any atom is 0.244 e. The normalized spacial score (nSPS) is 10.6. The molecule has 0 aliphatic heterocycles. The van der Waals surface area contributed by atoms with Crippen molar-refractivity contribution in [3.8, 4) is 5.75 Å². The molecule has 0 aliphatic carbocycles. The first kappa shape index (κ1) is 16.5. The molecule has 0 aliphatic rings. The van der Waals surface area contributed by atoms with Gasteiger partial charge in [-0.3, -0.25) is 4.79 Å². The molecule has 124 valence electrons. The number of hydrogen-bond donors (Lipinski definition) is 1. The van der Waals surface area contributed by atoms with Crippen LogP contribution in [-0.4, -0.2) is 31.6 Å². The third-order valence-electron chi connectivity index (χ3n) is 3.43. The first-order valence-electron chi connectivity index (χ1n) is 7.27. The average Bonchev–Trinajstić information content (AvgIpc) is 2.99. The van der Waals surface area contributed by atoms with Crippen molar-refractivity contribution in [1.82, 2.24) is 4.98 Å². The summed E-state index contributed by atoms with van der Waals surface area (Å²) in [5, 5.41) is 4.15. The van der Waals surface area contributed by atoms with Crippen molar-refractivity contribution in [2.24, 2.45) is 0 Å². The molecule has 0 bridgehead atoms. The number of benzene rings is 2. The molecule has 0 saturated carbocycles. The number of carbonyl (C=O) groups excluding carboxylic acids is 1. The van der Waals surface area contributed by atoms with Crippen LogP contribution in [-0.2, 0) is 4.79 Å². The molecule has 0 fully saturated rings. The van der Waals surface area contributed by atoms with Crippen molar-refractivity contribution in [2.75, 3.05) is 30.9 Å². The number of anilines is 2. The molecule has 0 saturated heterocycles. The average molecular weight is 362 g/mol. The van der Waals surface area contributed by atoms with Crippen LogP contribution in [0.5, 0.6) is 5.75 Å². The standard InChI is InChI=1S/C17H16ClN3O2S/c1-21(17-20-12-5-3-4-6-15(12)24-17)10-16(22)19-13-9-11(18)7-8-14(13)23-2/h3-9H,10H2,1-2H3,(H,19,22). The van der Waals surface area contributed by atoms with E-state index in [1.54, 1.807) is 36.6 Å². The lowest BCUT2D eigenvalue weighted by atomic mass is 10.3. The topological polar surface area (TPSA) is 54.5 Å². The van der Waals surface area contributed by atoms with Gasteiger partial charge < -0.3 is 15.0 Å². The fourth-order valence-corrected chi connectivity index (χ4v) is 3.37. The lowest BCUT2D eigenvalue weighted by Gasteiger charge is -2.16. The number of likely N-dealkylation sites (N-methyl/N-ethyl adjacent to an activating group) is 1. The SMILES string of the molecule is COc1ccc(Cl)cc1NC(=O)CN(C)c1nc2ccccc2s1. The van der Waals surface area contributed by atoms with E-state index in [1.807, 2.05) is 36.2 Å². The Balaban J connectivity index is 1.71. The predicted molar refractivity (Wildman–Crippen MR) is 99.5 cm³/mol. The number of nitrogens with one attached hydrogen (secondary N) is 1. The summed E-state index contributed by atoms with van der Waals surface area (Å²) in [5.74, 6) is 0.396. The number of thiazole rings is 1. The van der Waals surface area contributed by atoms with Crippen molar-refractivity contribution in [3.63, 3.8) is 0 Å². The second kappa shape index (κ2) is 7.07. The maximum absolute atomic E-state index is 12.3. The smallest absolute Gasteiger partial charge is 0.244 e. The lowest BCUT2D eigenvalue weighted by molar-refractivity contribution is -0.114. The summed E-state index contributed by atoms with van der Waals surface area (Å²) in [5.41, 5.74) is 1.48. The Kier molecular flexibility index (Phi) is 4.87. The fraction of sp³-hybridized carbons (Fsp3) is 0.176. The number of fused-ring (bicyclic) bond motifs is 1. The predicted octanol–water partition coefficient (Wildman–Crippen LogP) is 4.03. The van der Waals surface area contributed by atoms with Crippen LogP contribution in [0.1, 0.15) is 0 Å². The molecule has 0 spiro atoms. The van der Waals surface area contributed by atoms with Gasteiger partial charge >= 0.3 is 0 Å². The quantitative estimate of drug-likeness (QED) is 0.745. The fourth-order valence-electron chi connectivity index (χ4n) is 2.27. The van der Waals surface area contributed by atoms with Gasteiger partial charge in [0, 0.05) is 12.1 Å². The van der Waals surface area contributed by atoms with E-state index in [2.05, 4.69) is 10.3 Å². The summed E-state index contributed by atoms with van der Waals surface area (Å²) < 4.78 is 6.33. The van der Waals surface area contributed by atoms with Crippen molar-refractivity contribution < 1.29 is 9.53 Å². The summed E-state index contributed by atoms with van der Waals surface area (Å²) in [7, 11) is 3.39. The minimum atomic E-state index is -0.169. The molecule has 0 unspecified atom stereocenters. The third kappa shape index (κ3) is 3.60. The van der Waals surface area contributed by atoms with Crippen molar-refractivity contribution in [3.05, 3.63) is 47.5 Å². The van der Waals surface area contributed by atoms with Gasteiger partial charge in [0.05, 0.1) is 29.6 Å². The molecule has 3 rings (SSSR count). The Morgan fingerprint density at radius 2 is 2.12 bits per heavy atom. The second-order valence-electron chi connectivity index (χ2n) is 5.21. The summed E-state index contributed by atoms with van der Waals surface area (Å²) in [6.07, 6.45) is 0. The van der Waals surface area contributed by atoms with Crippen molar-refractivity contribution in [1.29, 1.82) is 0 Å². The highest BCUT2D eigenvalue weighted by atomic mass is 35.5. The van der Waals surface area contributed by atoms with E-state index in [9.17, 15) is 4.79 Å². The molecule has 0 radical (unpaired) electrons. The Bertz CT molecular complexity index is 848. The minimum absolute atomic E-state index is 0.169. The summed E-state index contributed by atoms with van der Waals surface area (Å²) in [4.78, 5) is 18.7. The summed E-state index contributed by atoms with van der Waals surface area (Å²) in [6.45, 7) is 0.176. The zero-order valence-electron chi connectivity index (χ0n) is 13.2. The summed E-state index contributed by atoms with van der Waals surface area (Å²) in [6, 6.07) is 13.0. The highest BCUT2D eigenvalue weighted by Gasteiger charge is 2.14. The number of carbonyl (C=O) groups is 1. The van der Waals surface area contributed by atoms with Gasteiger partial charge in [-0.05, 0) is 30.3 Å². The Morgan fingerprint density at radius 1 is 1.33 bits per heavy atom. The van der Waals surface area contributed by atoms with E-state index in [4.69, 9.17) is 16.3 Å². The molecule has 5 nitrogen and oxygen atoms in total. The molecule has 0 atom stereocenters. The second-order valence-corrected chi connectivity index (χ2v) is 6.66. The number of para-hydroxylation sites is 1. The van der Waals surface area contributed by atoms with E-state index < -0.39 is 0 Å². The van der Waals surface area contributed by atoms with Crippen LogP contribution in [0.3, 0.4) is 0 Å². The van der Waals surface area contributed by atoms with Gasteiger partial charge in [-0.25, -0.2) is 4.98 Å². The van der Waals surface area contributed by atoms with E-state index >= 15 is 0 Å². The van der Waals surface area contributed by atoms with Gasteiger partial charge in [-0.1, -0.05) is 35.1 Å². The van der Waals surface area contributed by atoms with E-state index in [0.29, 0.717) is 16.5 Å². The van der Waals surface area contributed by atoms with Gasteiger partial charge in [0.2, 0.25) is 5.91 Å². The van der Waals surface area contributed by atoms with Crippen molar-refractivity contribution in [2.45, 2.75) is 0 Å². The van der Waals surface area contributed by atoms with Gasteiger partial charge in [0.1, 0.15) is 5.75 Å². The van der Waals surface area contributed by atoms with Gasteiger partial charge in [-0.2, -0.15) is 0 Å². The van der Waals surface area contributed by atoms with Crippen LogP contribution in [0.15, 0.2) is 42.5 Å². The molecule has 3 aromatic rings. The van der Waals surface area contributed by atoms with E-state index in [0.717, 1.165) is 15.3 Å². The zero-order valence-corrected chi connectivity index (χ0v) is 14.8. The Morgan fingerprint density at radius 3 is 2.88 bits per heavy atom. The Hall–Kier alpha value is -2.31. The van der Waals surface area contributed by atoms with Crippen LogP contribution in [0, 0.1) is 0 Å². The van der Waals surface area contributed by atoms with Gasteiger partial charge in [0.15, 0.2) is 5.13 Å². The number of rotatable bonds is 5. The first-order chi connectivity index (χ1) is 11.6. The largest absolute Gasteiger partial charge is 0.495 e. The number of hydrogen-bond acceptors (Lipinski definition) is 5. The highest BCUT2D eigenvalue weighted by molar-refractivity contribution is 7.22. The number of methoxy groups -OCH3 is 1. The van der Waals surface area contributed by atoms with Crippen LogP contribution < -0.4 is 15.0 Å². The Labute approximate surface area is 148 Å². The first-order valence-corrected chi connectivity index (χ1v) is 8.46. The number of halogens is 1. The van der Waals surface area contributed by atoms with Crippen LogP contribution >= 0.6 is 22.9 Å². The molecule has 24 heavy (non-hydrogen) atoms. The molecule has 7 heteroatoms. The molecular formula is C17H16ClN3O2S. The van der Waals surface area contributed by atoms with Crippen LogP contribution in [0.4, 0.5) is 10.8 Å². The molecule has 1 aromatic heterocycles. The van der Waals surface area contributed by atoms with E-state index in [1.165, 1.54) is 0 Å². The highest BCUT2D eigenvalue weighted by Crippen LogP contribution is 2.29. The monoisotopic (exact) mass is 361 g/mol. The molecule has 2 aromatic carbocycles. The molecule has 1 amide bonds. The minimum Gasteiger partial charge on any atom is -0.495 e. The van der Waals surface area contributed by atoms with Crippen LogP contribution in [0.25, 0.3) is 10.2 Å². The van der Waals surface area contributed by atoms with E-state index in [-0.39, 0.29) is 12.5 Å². The van der Waals surface area contributed by atoms with Crippen molar-refractivity contribution >= 4 is 49.9 Å². The zero-order chi connectivity index (χ0) is 17.1. The molecule has 1 N–H and O–H groups in total. The lowest BCUT2D eigenvalue weighted by Crippen LogP contribution is -2.30. The summed E-state index contributed by atoms with van der Waals surface area (Å²) >= 11 is 7.53. The van der Waals surface area contributed by atoms with Gasteiger partial charge in [0.25, 0.3) is 0 Å².